The number of carbonyl (C=O) groups is 2. The van der Waals surface area contributed by atoms with E-state index in [1.54, 1.807) is 7.11 Å². The van der Waals surface area contributed by atoms with E-state index in [0.29, 0.717) is 26.1 Å². The van der Waals surface area contributed by atoms with Crippen molar-refractivity contribution in [1.29, 1.82) is 0 Å². The molecule has 32 heavy (non-hydrogen) atoms. The van der Waals surface area contributed by atoms with E-state index in [9.17, 15) is 9.59 Å². The zero-order valence-electron chi connectivity index (χ0n) is 18.7. The van der Waals surface area contributed by atoms with E-state index >= 15 is 0 Å². The molecule has 1 aliphatic heterocycles. The van der Waals surface area contributed by atoms with Gasteiger partial charge in [0.15, 0.2) is 0 Å². The molecule has 3 aromatic rings. The molecule has 0 bridgehead atoms. The topological polar surface area (TPSA) is 71.6 Å². The number of hydrogen-bond acceptors (Lipinski definition) is 4. The fourth-order valence-electron chi connectivity index (χ4n) is 4.61. The maximum atomic E-state index is 13.4. The molecule has 6 nitrogen and oxygen atoms in total. The number of carbonyl (C=O) groups excluding carboxylic acids is 2. The average molecular weight is 435 g/mol. The summed E-state index contributed by atoms with van der Waals surface area (Å²) in [6.45, 7) is 3.27. The number of fused-ring (bicyclic) bond motifs is 1. The largest absolute Gasteiger partial charge is 0.497 e. The molecule has 6 heteroatoms. The van der Waals surface area contributed by atoms with Gasteiger partial charge < -0.3 is 19.4 Å². The number of hydrogen-bond donors (Lipinski definition) is 1. The van der Waals surface area contributed by atoms with Crippen molar-refractivity contribution in [2.75, 3.05) is 26.8 Å². The zero-order chi connectivity index (χ0) is 22.5. The Morgan fingerprint density at radius 1 is 1.19 bits per heavy atom. The fourth-order valence-corrected chi connectivity index (χ4v) is 4.61. The Morgan fingerprint density at radius 3 is 2.84 bits per heavy atom. The van der Waals surface area contributed by atoms with E-state index in [2.05, 4.69) is 11.1 Å². The highest BCUT2D eigenvalue weighted by molar-refractivity contribution is 5.86. The molecule has 1 saturated heterocycles. The lowest BCUT2D eigenvalue weighted by atomic mass is 9.87. The van der Waals surface area contributed by atoms with Crippen molar-refractivity contribution >= 4 is 22.8 Å². The number of para-hydroxylation sites is 1. The van der Waals surface area contributed by atoms with Crippen LogP contribution in [-0.2, 0) is 14.3 Å². The molecule has 2 atom stereocenters. The third-order valence-corrected chi connectivity index (χ3v) is 6.27. The van der Waals surface area contributed by atoms with Gasteiger partial charge in [0.05, 0.1) is 19.6 Å². The summed E-state index contributed by atoms with van der Waals surface area (Å²) in [7, 11) is 1.65. The second kappa shape index (κ2) is 9.90. The lowest BCUT2D eigenvalue weighted by Gasteiger charge is -2.32. The van der Waals surface area contributed by atoms with Crippen molar-refractivity contribution in [3.63, 3.8) is 0 Å². The number of piperidine rings is 1. The number of nitrogens with zero attached hydrogens (tertiary/aromatic N) is 1. The highest BCUT2D eigenvalue weighted by Crippen LogP contribution is 2.35. The van der Waals surface area contributed by atoms with Gasteiger partial charge in [-0.15, -0.1) is 0 Å². The molecular formula is C26H30N2O4. The maximum Gasteiger partial charge on any atom is 0.310 e. The van der Waals surface area contributed by atoms with Gasteiger partial charge in [0, 0.05) is 42.5 Å². The minimum Gasteiger partial charge on any atom is -0.497 e. The van der Waals surface area contributed by atoms with Gasteiger partial charge in [-0.1, -0.05) is 30.3 Å². The van der Waals surface area contributed by atoms with Crippen molar-refractivity contribution in [1.82, 2.24) is 9.88 Å². The van der Waals surface area contributed by atoms with Crippen LogP contribution in [0.3, 0.4) is 0 Å². The summed E-state index contributed by atoms with van der Waals surface area (Å²) in [4.78, 5) is 30.8. The van der Waals surface area contributed by atoms with E-state index in [4.69, 9.17) is 9.47 Å². The molecule has 2 unspecified atom stereocenters. The number of aromatic amines is 1. The van der Waals surface area contributed by atoms with Gasteiger partial charge in [-0.25, -0.2) is 0 Å². The lowest BCUT2D eigenvalue weighted by Crippen LogP contribution is -2.43. The predicted molar refractivity (Wildman–Crippen MR) is 124 cm³/mol. The zero-order valence-corrected chi connectivity index (χ0v) is 18.7. The van der Waals surface area contributed by atoms with E-state index < -0.39 is 0 Å². The molecule has 0 saturated carbocycles. The molecule has 1 fully saturated rings. The minimum atomic E-state index is -0.240. The van der Waals surface area contributed by atoms with Crippen LogP contribution in [0, 0.1) is 5.92 Å². The average Bonchev–Trinajstić information content (AvgIpc) is 3.26. The Bertz CT molecular complexity index is 1090. The quantitative estimate of drug-likeness (QED) is 0.556. The van der Waals surface area contributed by atoms with Crippen LogP contribution in [0.5, 0.6) is 5.75 Å². The Kier molecular flexibility index (Phi) is 6.78. The summed E-state index contributed by atoms with van der Waals surface area (Å²) in [5.74, 6) is 0.246. The standard InChI is InChI=1S/C26H30N2O4/c1-3-32-26(30)19-9-7-13-28(17-19)25(29)15-22(18-8-6-10-20(14-18)31-2)23-16-27-24-12-5-4-11-21(23)24/h4-6,8,10-12,14,16,19,22,27H,3,7,9,13,15,17H2,1-2H3. The summed E-state index contributed by atoms with van der Waals surface area (Å²) in [6, 6.07) is 16.0. The van der Waals surface area contributed by atoms with Crippen LogP contribution >= 0.6 is 0 Å². The summed E-state index contributed by atoms with van der Waals surface area (Å²) in [5, 5.41) is 1.11. The number of likely N-dealkylation sites (tertiary alicyclic amines) is 1. The molecule has 1 N–H and O–H groups in total. The van der Waals surface area contributed by atoms with Gasteiger partial charge >= 0.3 is 5.97 Å². The number of aromatic nitrogens is 1. The van der Waals surface area contributed by atoms with Crippen LogP contribution in [0.25, 0.3) is 10.9 Å². The van der Waals surface area contributed by atoms with Crippen molar-refractivity contribution in [3.05, 3.63) is 65.9 Å². The highest BCUT2D eigenvalue weighted by Gasteiger charge is 2.31. The molecule has 1 aromatic heterocycles. The number of methoxy groups -OCH3 is 1. The van der Waals surface area contributed by atoms with Gasteiger partial charge in [0.25, 0.3) is 0 Å². The number of amides is 1. The summed E-state index contributed by atoms with van der Waals surface area (Å²) < 4.78 is 10.6. The van der Waals surface area contributed by atoms with Crippen LogP contribution in [0.2, 0.25) is 0 Å². The minimum absolute atomic E-state index is 0.0529. The summed E-state index contributed by atoms with van der Waals surface area (Å²) in [6.07, 6.45) is 3.90. The molecule has 0 radical (unpaired) electrons. The first kappa shape index (κ1) is 21.9. The molecule has 1 aliphatic rings. The maximum absolute atomic E-state index is 13.4. The highest BCUT2D eigenvalue weighted by atomic mass is 16.5. The second-order valence-electron chi connectivity index (χ2n) is 8.25. The van der Waals surface area contributed by atoms with Crippen LogP contribution in [0.15, 0.2) is 54.7 Å². The Morgan fingerprint density at radius 2 is 2.03 bits per heavy atom. The van der Waals surface area contributed by atoms with Crippen molar-refractivity contribution in [2.45, 2.75) is 32.1 Å². The van der Waals surface area contributed by atoms with Gasteiger partial charge in [-0.05, 0) is 49.1 Å². The number of nitrogens with one attached hydrogen (secondary N) is 1. The smallest absolute Gasteiger partial charge is 0.310 e. The number of rotatable bonds is 7. The van der Waals surface area contributed by atoms with Crippen LogP contribution in [0.1, 0.15) is 43.2 Å². The van der Waals surface area contributed by atoms with Crippen LogP contribution < -0.4 is 4.74 Å². The third kappa shape index (κ3) is 4.64. The summed E-state index contributed by atoms with van der Waals surface area (Å²) >= 11 is 0. The summed E-state index contributed by atoms with van der Waals surface area (Å²) in [5.41, 5.74) is 3.16. The molecule has 1 amide bonds. The lowest BCUT2D eigenvalue weighted by molar-refractivity contribution is -0.151. The monoisotopic (exact) mass is 434 g/mol. The van der Waals surface area contributed by atoms with Gasteiger partial charge in [0.1, 0.15) is 5.75 Å². The molecular weight excluding hydrogens is 404 g/mol. The van der Waals surface area contributed by atoms with Crippen molar-refractivity contribution in [3.8, 4) is 5.75 Å². The fraction of sp³-hybridized carbons (Fsp3) is 0.385. The van der Waals surface area contributed by atoms with Gasteiger partial charge in [-0.2, -0.15) is 0 Å². The van der Waals surface area contributed by atoms with Crippen molar-refractivity contribution in [2.24, 2.45) is 5.92 Å². The molecule has 2 aromatic carbocycles. The van der Waals surface area contributed by atoms with Gasteiger partial charge in [0.2, 0.25) is 5.91 Å². The Balaban J connectivity index is 1.62. The second-order valence-corrected chi connectivity index (χ2v) is 8.25. The Labute approximate surface area is 188 Å². The first-order chi connectivity index (χ1) is 15.6. The number of H-pyrrole nitrogens is 1. The molecule has 4 rings (SSSR count). The predicted octanol–water partition coefficient (Wildman–Crippen LogP) is 4.50. The number of benzene rings is 2. The van der Waals surface area contributed by atoms with E-state index in [1.165, 1.54) is 0 Å². The molecule has 0 spiro atoms. The SMILES string of the molecule is CCOC(=O)C1CCCN(C(=O)CC(c2cccc(OC)c2)c2c[nH]c3ccccc23)C1. The normalized spacial score (nSPS) is 17.2. The first-order valence-electron chi connectivity index (χ1n) is 11.2. The number of ether oxygens (including phenoxy) is 2. The third-order valence-electron chi connectivity index (χ3n) is 6.27. The van der Waals surface area contributed by atoms with Crippen LogP contribution in [-0.4, -0.2) is 48.6 Å². The van der Waals surface area contributed by atoms with Gasteiger partial charge in [-0.3, -0.25) is 9.59 Å². The van der Waals surface area contributed by atoms with E-state index in [1.807, 2.05) is 60.5 Å². The van der Waals surface area contributed by atoms with Crippen LogP contribution in [0.4, 0.5) is 0 Å². The molecule has 168 valence electrons. The van der Waals surface area contributed by atoms with E-state index in [0.717, 1.165) is 40.6 Å². The first-order valence-corrected chi connectivity index (χ1v) is 11.2. The molecule has 0 aliphatic carbocycles. The number of esters is 1. The molecule has 2 heterocycles. The van der Waals surface area contributed by atoms with E-state index in [-0.39, 0.29) is 23.7 Å². The van der Waals surface area contributed by atoms with Crippen molar-refractivity contribution < 1.29 is 19.1 Å². The Hall–Kier alpha value is -3.28.